The summed E-state index contributed by atoms with van der Waals surface area (Å²) >= 11 is 12.7. The summed E-state index contributed by atoms with van der Waals surface area (Å²) in [6.45, 7) is 0. The SMILES string of the molecule is COc1nsc(Oc2cc(Cl)cc(Cl)c2)n1. The molecule has 84 valence electrons. The molecule has 0 aliphatic heterocycles. The van der Waals surface area contributed by atoms with Crippen LogP contribution in [0.2, 0.25) is 10.0 Å². The van der Waals surface area contributed by atoms with E-state index in [0.717, 1.165) is 11.5 Å². The van der Waals surface area contributed by atoms with Crippen molar-refractivity contribution in [3.05, 3.63) is 28.2 Å². The van der Waals surface area contributed by atoms with Crippen LogP contribution in [0.25, 0.3) is 0 Å². The van der Waals surface area contributed by atoms with Crippen molar-refractivity contribution in [1.82, 2.24) is 9.36 Å². The van der Waals surface area contributed by atoms with Gasteiger partial charge in [-0.1, -0.05) is 23.2 Å². The zero-order chi connectivity index (χ0) is 11.5. The van der Waals surface area contributed by atoms with Crippen LogP contribution in [0.4, 0.5) is 0 Å². The van der Waals surface area contributed by atoms with E-state index in [9.17, 15) is 0 Å². The van der Waals surface area contributed by atoms with Crippen LogP contribution in [0.3, 0.4) is 0 Å². The van der Waals surface area contributed by atoms with E-state index in [1.165, 1.54) is 7.11 Å². The average molecular weight is 277 g/mol. The third-order valence-electron chi connectivity index (χ3n) is 1.61. The molecule has 0 aliphatic rings. The van der Waals surface area contributed by atoms with Crippen molar-refractivity contribution < 1.29 is 9.47 Å². The van der Waals surface area contributed by atoms with Gasteiger partial charge in [-0.25, -0.2) is 0 Å². The lowest BCUT2D eigenvalue weighted by Crippen LogP contribution is -1.86. The number of nitrogens with zero attached hydrogens (tertiary/aromatic N) is 2. The summed E-state index contributed by atoms with van der Waals surface area (Å²) in [7, 11) is 1.49. The van der Waals surface area contributed by atoms with Gasteiger partial charge in [0.05, 0.1) is 7.11 Å². The predicted molar refractivity (Wildman–Crippen MR) is 63.0 cm³/mol. The second-order valence-electron chi connectivity index (χ2n) is 2.75. The summed E-state index contributed by atoms with van der Waals surface area (Å²) in [4.78, 5) is 3.96. The fourth-order valence-corrected chi connectivity index (χ4v) is 2.04. The fraction of sp³-hybridized carbons (Fsp3) is 0.111. The first-order valence-corrected chi connectivity index (χ1v) is 5.72. The molecule has 16 heavy (non-hydrogen) atoms. The Hall–Kier alpha value is -1.04. The van der Waals surface area contributed by atoms with E-state index in [4.69, 9.17) is 32.7 Å². The van der Waals surface area contributed by atoms with Crippen LogP contribution in [0.5, 0.6) is 17.0 Å². The molecule has 1 aromatic carbocycles. The molecule has 2 aromatic rings. The molecule has 0 unspecified atom stereocenters. The molecule has 0 aliphatic carbocycles. The second kappa shape index (κ2) is 4.86. The van der Waals surface area contributed by atoms with Gasteiger partial charge in [-0.15, -0.1) is 9.36 Å². The molecule has 1 heterocycles. The predicted octanol–water partition coefficient (Wildman–Crippen LogP) is 3.65. The Balaban J connectivity index is 2.19. The van der Waals surface area contributed by atoms with Gasteiger partial charge in [0.15, 0.2) is 0 Å². The Morgan fingerprint density at radius 1 is 1.19 bits per heavy atom. The Kier molecular flexibility index (Phi) is 3.48. The molecule has 0 radical (unpaired) electrons. The summed E-state index contributed by atoms with van der Waals surface area (Å²) < 4.78 is 14.1. The molecule has 0 saturated carbocycles. The van der Waals surface area contributed by atoms with E-state index in [2.05, 4.69) is 9.36 Å². The van der Waals surface area contributed by atoms with Gasteiger partial charge in [0.2, 0.25) is 0 Å². The number of aromatic nitrogens is 2. The molecule has 2 rings (SSSR count). The third kappa shape index (κ3) is 2.75. The Morgan fingerprint density at radius 3 is 2.44 bits per heavy atom. The maximum Gasteiger partial charge on any atom is 0.331 e. The van der Waals surface area contributed by atoms with Gasteiger partial charge >= 0.3 is 11.2 Å². The molecule has 0 N–H and O–H groups in total. The lowest BCUT2D eigenvalue weighted by atomic mass is 10.3. The van der Waals surface area contributed by atoms with Crippen LogP contribution in [0.1, 0.15) is 0 Å². The van der Waals surface area contributed by atoms with E-state index < -0.39 is 0 Å². The standard InChI is InChI=1S/C9H6Cl2N2O2S/c1-14-8-12-9(16-13-8)15-7-3-5(10)2-6(11)4-7/h2-4H,1H3. The largest absolute Gasteiger partial charge is 0.466 e. The van der Waals surface area contributed by atoms with Crippen molar-refractivity contribution in [2.24, 2.45) is 0 Å². The van der Waals surface area contributed by atoms with Crippen molar-refractivity contribution in [2.45, 2.75) is 0 Å². The summed E-state index contributed by atoms with van der Waals surface area (Å²) in [6.07, 6.45) is 0. The first-order valence-electron chi connectivity index (χ1n) is 4.19. The fourth-order valence-electron chi connectivity index (χ4n) is 1.01. The first-order chi connectivity index (χ1) is 7.67. The number of benzene rings is 1. The highest BCUT2D eigenvalue weighted by Gasteiger charge is 2.07. The van der Waals surface area contributed by atoms with Gasteiger partial charge in [0.1, 0.15) is 5.75 Å². The molecule has 0 spiro atoms. The zero-order valence-electron chi connectivity index (χ0n) is 8.11. The van der Waals surface area contributed by atoms with E-state index >= 15 is 0 Å². The minimum Gasteiger partial charge on any atom is -0.466 e. The van der Waals surface area contributed by atoms with Gasteiger partial charge in [0.25, 0.3) is 0 Å². The second-order valence-corrected chi connectivity index (χ2v) is 4.34. The maximum atomic E-state index is 5.83. The van der Waals surface area contributed by atoms with Gasteiger partial charge in [-0.3, -0.25) is 0 Å². The van der Waals surface area contributed by atoms with Crippen LogP contribution >= 0.6 is 34.7 Å². The highest BCUT2D eigenvalue weighted by molar-refractivity contribution is 7.07. The molecule has 4 nitrogen and oxygen atoms in total. The van der Waals surface area contributed by atoms with E-state index in [0.29, 0.717) is 21.0 Å². The highest BCUT2D eigenvalue weighted by atomic mass is 35.5. The number of rotatable bonds is 3. The van der Waals surface area contributed by atoms with E-state index in [-0.39, 0.29) is 6.01 Å². The van der Waals surface area contributed by atoms with Gasteiger partial charge in [-0.2, -0.15) is 0 Å². The molecule has 0 atom stereocenters. The molecule has 1 aromatic heterocycles. The van der Waals surface area contributed by atoms with Gasteiger partial charge in [-0.05, 0) is 18.2 Å². The first kappa shape index (κ1) is 11.4. The number of ether oxygens (including phenoxy) is 2. The van der Waals surface area contributed by atoms with Crippen LogP contribution < -0.4 is 9.47 Å². The van der Waals surface area contributed by atoms with Gasteiger partial charge in [0, 0.05) is 21.6 Å². The minimum atomic E-state index is 0.271. The maximum absolute atomic E-state index is 5.83. The highest BCUT2D eigenvalue weighted by Crippen LogP contribution is 2.29. The summed E-state index contributed by atoms with van der Waals surface area (Å²) in [6, 6.07) is 5.17. The number of hydrogen-bond donors (Lipinski definition) is 0. The summed E-state index contributed by atoms with van der Waals surface area (Å²) in [5.41, 5.74) is 0. The molecular formula is C9H6Cl2N2O2S. The topological polar surface area (TPSA) is 44.2 Å². The normalized spacial score (nSPS) is 10.2. The summed E-state index contributed by atoms with van der Waals surface area (Å²) in [5, 5.41) is 1.37. The monoisotopic (exact) mass is 276 g/mol. The van der Waals surface area contributed by atoms with Crippen LogP contribution in [0.15, 0.2) is 18.2 Å². The average Bonchev–Trinajstić information content (AvgIpc) is 2.64. The molecule has 0 fully saturated rings. The number of methoxy groups -OCH3 is 1. The van der Waals surface area contributed by atoms with Gasteiger partial charge < -0.3 is 9.47 Å². The Labute approximate surface area is 106 Å². The lowest BCUT2D eigenvalue weighted by molar-refractivity contribution is 0.378. The minimum absolute atomic E-state index is 0.271. The number of hydrogen-bond acceptors (Lipinski definition) is 5. The summed E-state index contributed by atoms with van der Waals surface area (Å²) in [5.74, 6) is 0.510. The van der Waals surface area contributed by atoms with E-state index in [1.54, 1.807) is 18.2 Å². The smallest absolute Gasteiger partial charge is 0.331 e. The molecule has 0 amide bonds. The molecule has 7 heteroatoms. The van der Waals surface area contributed by atoms with Crippen molar-refractivity contribution in [3.63, 3.8) is 0 Å². The third-order valence-corrected chi connectivity index (χ3v) is 2.63. The van der Waals surface area contributed by atoms with Crippen LogP contribution in [-0.4, -0.2) is 16.5 Å². The molecule has 0 saturated heterocycles. The number of halogens is 2. The molecular weight excluding hydrogens is 271 g/mol. The van der Waals surface area contributed by atoms with Crippen LogP contribution in [-0.2, 0) is 0 Å². The van der Waals surface area contributed by atoms with E-state index in [1.807, 2.05) is 0 Å². The lowest BCUT2D eigenvalue weighted by Gasteiger charge is -2.01. The Morgan fingerprint density at radius 2 is 1.88 bits per heavy atom. The van der Waals surface area contributed by atoms with Crippen molar-refractivity contribution in [2.75, 3.05) is 7.11 Å². The Bertz CT molecular complexity index is 484. The zero-order valence-corrected chi connectivity index (χ0v) is 10.4. The van der Waals surface area contributed by atoms with Crippen LogP contribution in [0, 0.1) is 0 Å². The van der Waals surface area contributed by atoms with Crippen molar-refractivity contribution in [3.8, 4) is 17.0 Å². The van der Waals surface area contributed by atoms with Crippen molar-refractivity contribution in [1.29, 1.82) is 0 Å². The molecule has 0 bridgehead atoms. The van der Waals surface area contributed by atoms with Crippen molar-refractivity contribution >= 4 is 34.7 Å². The quantitative estimate of drug-likeness (QED) is 0.859.